The second-order valence-electron chi connectivity index (χ2n) is 9.00. The van der Waals surface area contributed by atoms with E-state index in [0.29, 0.717) is 12.2 Å². The van der Waals surface area contributed by atoms with Crippen LogP contribution < -0.4 is 21.3 Å². The maximum absolute atomic E-state index is 13.0. The molecule has 194 valence electrons. The minimum absolute atomic E-state index is 0.00382. The molecule has 37 heavy (non-hydrogen) atoms. The van der Waals surface area contributed by atoms with E-state index in [4.69, 9.17) is 5.73 Å². The minimum atomic E-state index is -0.868. The summed E-state index contributed by atoms with van der Waals surface area (Å²) >= 11 is 1.63. The van der Waals surface area contributed by atoms with Gasteiger partial charge in [0.05, 0.1) is 11.8 Å². The Morgan fingerprint density at radius 3 is 2.62 bits per heavy atom. The number of fused-ring (bicyclic) bond motifs is 2. The number of thioether (sulfide) groups is 1. The molecule has 0 aromatic heterocycles. The van der Waals surface area contributed by atoms with Crippen LogP contribution in [0.2, 0.25) is 0 Å². The number of amides is 3. The van der Waals surface area contributed by atoms with Crippen molar-refractivity contribution in [3.8, 4) is 0 Å². The van der Waals surface area contributed by atoms with E-state index in [9.17, 15) is 19.5 Å². The van der Waals surface area contributed by atoms with E-state index >= 15 is 0 Å². The highest BCUT2D eigenvalue weighted by Gasteiger charge is 2.25. The molecule has 8 nitrogen and oxygen atoms in total. The zero-order valence-electron chi connectivity index (χ0n) is 20.6. The lowest BCUT2D eigenvalue weighted by Crippen LogP contribution is -2.50. The minimum Gasteiger partial charge on any atom is -0.390 e. The Bertz CT molecular complexity index is 1270. The van der Waals surface area contributed by atoms with Gasteiger partial charge in [-0.2, -0.15) is 0 Å². The van der Waals surface area contributed by atoms with Crippen molar-refractivity contribution < 1.29 is 19.5 Å². The number of para-hydroxylation sites is 1. The monoisotopic (exact) mass is 520 g/mol. The van der Waals surface area contributed by atoms with Crippen molar-refractivity contribution in [2.75, 3.05) is 30.3 Å². The number of hydrogen-bond donors (Lipinski definition) is 4. The van der Waals surface area contributed by atoms with Crippen molar-refractivity contribution in [2.45, 2.75) is 36.3 Å². The van der Waals surface area contributed by atoms with Crippen LogP contribution in [-0.4, -0.2) is 60.4 Å². The van der Waals surface area contributed by atoms with Gasteiger partial charge in [-0.05, 0) is 28.5 Å². The van der Waals surface area contributed by atoms with Crippen molar-refractivity contribution in [3.05, 3.63) is 72.3 Å². The van der Waals surface area contributed by atoms with Crippen LogP contribution in [0, 0.1) is 0 Å². The van der Waals surface area contributed by atoms with Gasteiger partial charge in [-0.25, -0.2) is 0 Å². The van der Waals surface area contributed by atoms with Crippen LogP contribution in [0.3, 0.4) is 0 Å². The van der Waals surface area contributed by atoms with Crippen LogP contribution >= 0.6 is 11.8 Å². The summed E-state index contributed by atoms with van der Waals surface area (Å²) in [4.78, 5) is 41.4. The van der Waals surface area contributed by atoms with E-state index in [1.165, 1.54) is 0 Å². The average molecular weight is 521 g/mol. The lowest BCUT2D eigenvalue weighted by atomic mass is 10.0. The van der Waals surface area contributed by atoms with Gasteiger partial charge >= 0.3 is 0 Å². The third-order valence-electron chi connectivity index (χ3n) is 6.28. The highest BCUT2D eigenvalue weighted by Crippen LogP contribution is 2.34. The molecule has 5 N–H and O–H groups in total. The molecule has 0 aliphatic carbocycles. The number of aliphatic hydroxyl groups is 1. The number of benzene rings is 3. The van der Waals surface area contributed by atoms with Crippen LogP contribution in [0.25, 0.3) is 10.8 Å². The van der Waals surface area contributed by atoms with Crippen LogP contribution in [-0.2, 0) is 20.8 Å². The summed E-state index contributed by atoms with van der Waals surface area (Å²) < 4.78 is 0. The van der Waals surface area contributed by atoms with Gasteiger partial charge in [-0.15, -0.1) is 11.8 Å². The lowest BCUT2D eigenvalue weighted by molar-refractivity contribution is -0.129. The number of nitrogens with zero attached hydrogens (tertiary/aromatic N) is 1. The van der Waals surface area contributed by atoms with Crippen LogP contribution in [0.15, 0.2) is 71.6 Å². The van der Waals surface area contributed by atoms with Crippen molar-refractivity contribution >= 4 is 45.9 Å². The molecular weight excluding hydrogens is 488 g/mol. The van der Waals surface area contributed by atoms with Crippen LogP contribution in [0.5, 0.6) is 0 Å². The Kier molecular flexibility index (Phi) is 9.16. The van der Waals surface area contributed by atoms with E-state index in [-0.39, 0.29) is 44.3 Å². The Hall–Kier alpha value is -3.40. The number of nitrogens with one attached hydrogen (secondary N) is 2. The number of rotatable bonds is 10. The first-order valence-corrected chi connectivity index (χ1v) is 13.4. The maximum Gasteiger partial charge on any atom is 0.243 e. The van der Waals surface area contributed by atoms with Gasteiger partial charge in [0, 0.05) is 49.5 Å². The molecule has 3 amide bonds. The highest BCUT2D eigenvalue weighted by molar-refractivity contribution is 7.99. The maximum atomic E-state index is 13.0. The molecule has 4 rings (SSSR count). The molecular formula is C28H32N4O4S. The summed E-state index contributed by atoms with van der Waals surface area (Å²) in [6, 6.07) is 20.7. The summed E-state index contributed by atoms with van der Waals surface area (Å²) in [5.41, 5.74) is 7.16. The lowest BCUT2D eigenvalue weighted by Gasteiger charge is -2.24. The van der Waals surface area contributed by atoms with E-state index in [1.807, 2.05) is 66.7 Å². The molecule has 0 spiro atoms. The molecule has 0 fully saturated rings. The Labute approximate surface area is 220 Å². The number of nitrogens with two attached hydrogens (primary N) is 1. The fraction of sp³-hybridized carbons (Fsp3) is 0.321. The molecule has 3 aromatic carbocycles. The van der Waals surface area contributed by atoms with Gasteiger partial charge in [0.2, 0.25) is 17.7 Å². The van der Waals surface area contributed by atoms with Gasteiger partial charge in [-0.3, -0.25) is 14.4 Å². The molecule has 1 heterocycles. The first-order valence-electron chi connectivity index (χ1n) is 12.4. The Morgan fingerprint density at radius 1 is 1.05 bits per heavy atom. The SMILES string of the molecule is NCC(O)CNC(=O)[C@@H](Cc1ccc2ccccc2c1)NC(=O)CCN1C(=O)CCSc2ccccc21. The quantitative estimate of drug-likeness (QED) is 0.325. The molecule has 2 atom stereocenters. The number of hydrogen-bond acceptors (Lipinski definition) is 6. The standard InChI is InChI=1S/C28H32N4O4S/c29-17-22(33)18-30-28(36)23(16-19-9-10-20-5-1-2-6-21(20)15-19)31-26(34)11-13-32-24-7-3-4-8-25(24)37-14-12-27(32)35/h1-10,15,22-23,33H,11-14,16-18,29H2,(H,30,36)(H,31,34)/t22?,23-/m1/s1. The number of carbonyl (C=O) groups excluding carboxylic acids is 3. The molecule has 3 aromatic rings. The van der Waals surface area contributed by atoms with Crippen LogP contribution in [0.4, 0.5) is 5.69 Å². The molecule has 0 radical (unpaired) electrons. The van der Waals surface area contributed by atoms with Gasteiger partial charge in [-0.1, -0.05) is 54.6 Å². The predicted molar refractivity (Wildman–Crippen MR) is 146 cm³/mol. The number of carbonyl (C=O) groups is 3. The van der Waals surface area contributed by atoms with Gasteiger partial charge < -0.3 is 26.4 Å². The fourth-order valence-corrected chi connectivity index (χ4v) is 5.28. The number of anilines is 1. The molecule has 1 aliphatic heterocycles. The fourth-order valence-electron chi connectivity index (χ4n) is 4.28. The summed E-state index contributed by atoms with van der Waals surface area (Å²) in [6.45, 7) is 0.236. The van der Waals surface area contributed by atoms with E-state index in [2.05, 4.69) is 10.6 Å². The first kappa shape index (κ1) is 26.7. The molecule has 0 saturated carbocycles. The Balaban J connectivity index is 1.45. The van der Waals surface area contributed by atoms with Crippen LogP contribution in [0.1, 0.15) is 18.4 Å². The van der Waals surface area contributed by atoms with E-state index in [0.717, 1.165) is 26.9 Å². The van der Waals surface area contributed by atoms with E-state index < -0.39 is 18.1 Å². The average Bonchev–Trinajstić information content (AvgIpc) is 3.07. The van der Waals surface area contributed by atoms with Gasteiger partial charge in [0.15, 0.2) is 0 Å². The number of aliphatic hydroxyl groups excluding tert-OH is 1. The van der Waals surface area contributed by atoms with Crippen molar-refractivity contribution in [1.29, 1.82) is 0 Å². The Morgan fingerprint density at radius 2 is 1.81 bits per heavy atom. The van der Waals surface area contributed by atoms with Gasteiger partial charge in [0.1, 0.15) is 6.04 Å². The third kappa shape index (κ3) is 7.09. The topological polar surface area (TPSA) is 125 Å². The largest absolute Gasteiger partial charge is 0.390 e. The van der Waals surface area contributed by atoms with E-state index in [1.54, 1.807) is 16.7 Å². The highest BCUT2D eigenvalue weighted by atomic mass is 32.2. The molecule has 1 aliphatic rings. The van der Waals surface area contributed by atoms with Crippen molar-refractivity contribution in [3.63, 3.8) is 0 Å². The summed E-state index contributed by atoms with van der Waals surface area (Å²) in [6.07, 6.45) is -0.133. The second-order valence-corrected chi connectivity index (χ2v) is 10.1. The summed E-state index contributed by atoms with van der Waals surface area (Å²) in [5.74, 6) is -0.0585. The predicted octanol–water partition coefficient (Wildman–Crippen LogP) is 2.22. The molecule has 9 heteroatoms. The zero-order valence-corrected chi connectivity index (χ0v) is 21.4. The zero-order chi connectivity index (χ0) is 26.2. The smallest absolute Gasteiger partial charge is 0.243 e. The normalized spacial score (nSPS) is 15.0. The van der Waals surface area contributed by atoms with Crippen molar-refractivity contribution in [2.24, 2.45) is 5.73 Å². The summed E-state index contributed by atoms with van der Waals surface area (Å²) in [7, 11) is 0. The molecule has 0 bridgehead atoms. The summed E-state index contributed by atoms with van der Waals surface area (Å²) in [5, 5.41) is 17.4. The second kappa shape index (κ2) is 12.7. The third-order valence-corrected chi connectivity index (χ3v) is 7.35. The molecule has 0 saturated heterocycles. The first-order chi connectivity index (χ1) is 17.9. The van der Waals surface area contributed by atoms with Gasteiger partial charge in [0.25, 0.3) is 0 Å². The van der Waals surface area contributed by atoms with Crippen molar-refractivity contribution in [1.82, 2.24) is 10.6 Å². The molecule has 1 unspecified atom stereocenters.